The van der Waals surface area contributed by atoms with Gasteiger partial charge >= 0.3 is 0 Å². The third-order valence-electron chi connectivity index (χ3n) is 3.20. The molecule has 0 saturated carbocycles. The van der Waals surface area contributed by atoms with Crippen molar-refractivity contribution in [3.05, 3.63) is 63.9 Å². The first-order valence-electron chi connectivity index (χ1n) is 6.16. The molecule has 4 heteroatoms. The van der Waals surface area contributed by atoms with Crippen molar-refractivity contribution in [1.29, 1.82) is 0 Å². The fourth-order valence-corrected chi connectivity index (χ4v) is 2.72. The fraction of sp³-hybridized carbons (Fsp3) is 0.133. The number of imidazole rings is 1. The molecule has 2 aromatic carbocycles. The Morgan fingerprint density at radius 2 is 1.89 bits per heavy atom. The Kier molecular flexibility index (Phi) is 3.40. The maximum Gasteiger partial charge on any atom is 0.178 e. The maximum absolute atomic E-state index is 5.99. The van der Waals surface area contributed by atoms with Crippen LogP contribution >= 0.6 is 23.8 Å². The fourth-order valence-electron chi connectivity index (χ4n) is 2.24. The van der Waals surface area contributed by atoms with Crippen LogP contribution in [0.15, 0.2) is 48.5 Å². The SMILES string of the molecule is S=c1[nH]c2cc(Cl)ccc2n1CCc1ccccc1. The van der Waals surface area contributed by atoms with Gasteiger partial charge < -0.3 is 9.55 Å². The Hall–Kier alpha value is -1.58. The molecule has 0 amide bonds. The second-order valence-electron chi connectivity index (χ2n) is 4.48. The van der Waals surface area contributed by atoms with Crippen molar-refractivity contribution >= 4 is 34.9 Å². The van der Waals surface area contributed by atoms with Gasteiger partial charge in [-0.2, -0.15) is 0 Å². The van der Waals surface area contributed by atoms with E-state index in [4.69, 9.17) is 23.8 Å². The van der Waals surface area contributed by atoms with Gasteiger partial charge in [0.2, 0.25) is 0 Å². The monoisotopic (exact) mass is 288 g/mol. The number of hydrogen-bond acceptors (Lipinski definition) is 1. The highest BCUT2D eigenvalue weighted by molar-refractivity contribution is 7.71. The number of aromatic amines is 1. The standard InChI is InChI=1S/C15H13ClN2S/c16-12-6-7-14-13(10-12)17-15(19)18(14)9-8-11-4-2-1-3-5-11/h1-7,10H,8-9H2,(H,17,19). The molecule has 0 saturated heterocycles. The molecule has 0 fully saturated rings. The number of benzene rings is 2. The second-order valence-corrected chi connectivity index (χ2v) is 5.30. The predicted molar refractivity (Wildman–Crippen MR) is 82.3 cm³/mol. The van der Waals surface area contributed by atoms with Crippen LogP contribution in [0.2, 0.25) is 5.02 Å². The summed E-state index contributed by atoms with van der Waals surface area (Å²) < 4.78 is 2.86. The Bertz CT molecular complexity index is 759. The predicted octanol–water partition coefficient (Wildman–Crippen LogP) is 4.59. The Morgan fingerprint density at radius 1 is 1.11 bits per heavy atom. The summed E-state index contributed by atoms with van der Waals surface area (Å²) in [6.45, 7) is 0.866. The average molecular weight is 289 g/mol. The first-order chi connectivity index (χ1) is 9.24. The van der Waals surface area contributed by atoms with Crippen molar-refractivity contribution in [3.8, 4) is 0 Å². The molecule has 1 N–H and O–H groups in total. The normalized spacial score (nSPS) is 11.0. The lowest BCUT2D eigenvalue weighted by molar-refractivity contribution is 0.706. The summed E-state index contributed by atoms with van der Waals surface area (Å²) in [5, 5.41) is 0.721. The molecule has 3 aromatic rings. The lowest BCUT2D eigenvalue weighted by atomic mass is 10.1. The molecule has 3 rings (SSSR count). The van der Waals surface area contributed by atoms with E-state index in [0.29, 0.717) is 0 Å². The number of halogens is 1. The first-order valence-corrected chi connectivity index (χ1v) is 6.95. The van der Waals surface area contributed by atoms with E-state index >= 15 is 0 Å². The molecule has 0 bridgehead atoms. The zero-order chi connectivity index (χ0) is 13.2. The first kappa shape index (κ1) is 12.5. The van der Waals surface area contributed by atoms with Gasteiger partial charge in [0, 0.05) is 11.6 Å². The summed E-state index contributed by atoms with van der Waals surface area (Å²) in [6.07, 6.45) is 0.963. The number of aryl methyl sites for hydroxylation is 2. The molecule has 0 spiro atoms. The summed E-state index contributed by atoms with van der Waals surface area (Å²) in [5.74, 6) is 0. The molecule has 1 aromatic heterocycles. The van der Waals surface area contributed by atoms with Gasteiger partial charge in [-0.05, 0) is 42.4 Å². The molecular weight excluding hydrogens is 276 g/mol. The summed E-state index contributed by atoms with van der Waals surface area (Å²) in [5.41, 5.74) is 3.41. The molecule has 19 heavy (non-hydrogen) atoms. The lowest BCUT2D eigenvalue weighted by Crippen LogP contribution is -2.01. The Labute approximate surface area is 121 Å². The third-order valence-corrected chi connectivity index (χ3v) is 3.76. The molecule has 0 aliphatic carbocycles. The summed E-state index contributed by atoms with van der Waals surface area (Å²) >= 11 is 11.4. The van der Waals surface area contributed by atoms with Crippen LogP contribution in [0, 0.1) is 4.77 Å². The van der Waals surface area contributed by atoms with Crippen molar-refractivity contribution in [3.63, 3.8) is 0 Å². The van der Waals surface area contributed by atoms with Gasteiger partial charge in [0.25, 0.3) is 0 Å². The second kappa shape index (κ2) is 5.19. The van der Waals surface area contributed by atoms with Gasteiger partial charge in [-0.1, -0.05) is 41.9 Å². The number of aromatic nitrogens is 2. The van der Waals surface area contributed by atoms with Crippen LogP contribution in [-0.4, -0.2) is 9.55 Å². The van der Waals surface area contributed by atoms with Crippen LogP contribution in [0.5, 0.6) is 0 Å². The molecule has 96 valence electrons. The molecular formula is C15H13ClN2S. The number of H-pyrrole nitrogens is 1. The van der Waals surface area contributed by atoms with E-state index in [1.54, 1.807) is 0 Å². The number of fused-ring (bicyclic) bond motifs is 1. The topological polar surface area (TPSA) is 20.7 Å². The van der Waals surface area contributed by atoms with Crippen LogP contribution in [0.1, 0.15) is 5.56 Å². The largest absolute Gasteiger partial charge is 0.331 e. The van der Waals surface area contributed by atoms with Gasteiger partial charge in [-0.25, -0.2) is 0 Å². The van der Waals surface area contributed by atoms with E-state index in [1.165, 1.54) is 5.56 Å². The van der Waals surface area contributed by atoms with E-state index in [1.807, 2.05) is 24.3 Å². The van der Waals surface area contributed by atoms with Crippen LogP contribution in [0.3, 0.4) is 0 Å². The van der Waals surface area contributed by atoms with Crippen molar-refractivity contribution in [1.82, 2.24) is 9.55 Å². The minimum absolute atomic E-state index is 0.721. The molecule has 0 unspecified atom stereocenters. The minimum Gasteiger partial charge on any atom is -0.331 e. The van der Waals surface area contributed by atoms with Crippen LogP contribution in [0.4, 0.5) is 0 Å². The Balaban J connectivity index is 1.93. The maximum atomic E-state index is 5.99. The van der Waals surface area contributed by atoms with E-state index in [2.05, 4.69) is 33.8 Å². The van der Waals surface area contributed by atoms with Crippen molar-refractivity contribution in [2.45, 2.75) is 13.0 Å². The quantitative estimate of drug-likeness (QED) is 0.699. The van der Waals surface area contributed by atoms with Crippen LogP contribution in [0.25, 0.3) is 11.0 Å². The lowest BCUT2D eigenvalue weighted by Gasteiger charge is -2.04. The van der Waals surface area contributed by atoms with E-state index in [9.17, 15) is 0 Å². The summed E-state index contributed by atoms with van der Waals surface area (Å²) in [7, 11) is 0. The number of nitrogens with one attached hydrogen (secondary N) is 1. The number of hydrogen-bond donors (Lipinski definition) is 1. The summed E-state index contributed by atoms with van der Waals surface area (Å²) in [4.78, 5) is 3.20. The van der Waals surface area contributed by atoms with E-state index in [-0.39, 0.29) is 0 Å². The molecule has 1 heterocycles. The highest BCUT2D eigenvalue weighted by atomic mass is 35.5. The smallest absolute Gasteiger partial charge is 0.178 e. The van der Waals surface area contributed by atoms with Crippen molar-refractivity contribution in [2.24, 2.45) is 0 Å². The van der Waals surface area contributed by atoms with Gasteiger partial charge in [-0.3, -0.25) is 0 Å². The average Bonchev–Trinajstić information content (AvgIpc) is 2.72. The van der Waals surface area contributed by atoms with Gasteiger partial charge in [0.15, 0.2) is 4.77 Å². The Morgan fingerprint density at radius 3 is 2.68 bits per heavy atom. The zero-order valence-corrected chi connectivity index (χ0v) is 11.8. The highest BCUT2D eigenvalue weighted by Crippen LogP contribution is 2.19. The molecule has 0 aliphatic rings. The molecule has 0 aliphatic heterocycles. The highest BCUT2D eigenvalue weighted by Gasteiger charge is 2.04. The third kappa shape index (κ3) is 2.57. The van der Waals surface area contributed by atoms with Crippen LogP contribution in [-0.2, 0) is 13.0 Å². The minimum atomic E-state index is 0.721. The number of rotatable bonds is 3. The van der Waals surface area contributed by atoms with Gasteiger partial charge in [-0.15, -0.1) is 0 Å². The van der Waals surface area contributed by atoms with Crippen molar-refractivity contribution < 1.29 is 0 Å². The van der Waals surface area contributed by atoms with Gasteiger partial charge in [0.05, 0.1) is 11.0 Å². The molecule has 0 atom stereocenters. The molecule has 2 nitrogen and oxygen atoms in total. The van der Waals surface area contributed by atoms with E-state index in [0.717, 1.165) is 33.8 Å². The van der Waals surface area contributed by atoms with Crippen molar-refractivity contribution in [2.75, 3.05) is 0 Å². The van der Waals surface area contributed by atoms with Gasteiger partial charge in [0.1, 0.15) is 0 Å². The zero-order valence-electron chi connectivity index (χ0n) is 10.3. The molecule has 0 radical (unpaired) electrons. The van der Waals surface area contributed by atoms with Crippen LogP contribution < -0.4 is 0 Å². The number of nitrogens with zero attached hydrogens (tertiary/aromatic N) is 1. The van der Waals surface area contributed by atoms with E-state index < -0.39 is 0 Å². The summed E-state index contributed by atoms with van der Waals surface area (Å²) in [6, 6.07) is 16.2.